The van der Waals surface area contributed by atoms with Crippen molar-refractivity contribution >= 4 is 5.91 Å². The maximum absolute atomic E-state index is 12.9. The molecule has 0 saturated carbocycles. The monoisotopic (exact) mass is 399 g/mol. The summed E-state index contributed by atoms with van der Waals surface area (Å²) < 4.78 is 34.8. The van der Waals surface area contributed by atoms with Gasteiger partial charge in [0.1, 0.15) is 23.9 Å². The van der Waals surface area contributed by atoms with E-state index in [0.29, 0.717) is 29.6 Å². The molecule has 7 heteroatoms. The summed E-state index contributed by atoms with van der Waals surface area (Å²) in [7, 11) is 4.80. The van der Waals surface area contributed by atoms with Gasteiger partial charge in [-0.25, -0.2) is 4.39 Å². The zero-order chi connectivity index (χ0) is 20.8. The van der Waals surface area contributed by atoms with Gasteiger partial charge in [0.15, 0.2) is 17.3 Å². The van der Waals surface area contributed by atoms with Crippen molar-refractivity contribution in [1.82, 2.24) is 4.90 Å². The Balaban J connectivity index is 1.64. The van der Waals surface area contributed by atoms with Crippen LogP contribution in [0.3, 0.4) is 0 Å². The van der Waals surface area contributed by atoms with Crippen LogP contribution in [0.2, 0.25) is 0 Å². The van der Waals surface area contributed by atoms with Crippen LogP contribution in [0.4, 0.5) is 4.39 Å². The highest BCUT2D eigenvalue weighted by atomic mass is 19.1. The average Bonchev–Trinajstić information content (AvgIpc) is 3.21. The van der Waals surface area contributed by atoms with Gasteiger partial charge in [0.25, 0.3) is 5.91 Å². The molecule has 0 N–H and O–H groups in total. The Morgan fingerprint density at radius 3 is 2.48 bits per heavy atom. The van der Waals surface area contributed by atoms with E-state index in [1.54, 1.807) is 39.5 Å². The van der Waals surface area contributed by atoms with Gasteiger partial charge in [-0.15, -0.1) is 0 Å². The molecular formula is C22H22FNO5. The van der Waals surface area contributed by atoms with Crippen LogP contribution in [0.25, 0.3) is 0 Å². The molecule has 0 unspecified atom stereocenters. The van der Waals surface area contributed by atoms with Gasteiger partial charge in [-0.2, -0.15) is 0 Å². The Kier molecular flexibility index (Phi) is 6.39. The maximum atomic E-state index is 12.9. The van der Waals surface area contributed by atoms with Crippen LogP contribution in [0.1, 0.15) is 21.9 Å². The summed E-state index contributed by atoms with van der Waals surface area (Å²) in [4.78, 5) is 14.2. The minimum absolute atomic E-state index is 0.131. The number of hydrogen-bond donors (Lipinski definition) is 0. The molecule has 0 bridgehead atoms. The number of methoxy groups -OCH3 is 2. The summed E-state index contributed by atoms with van der Waals surface area (Å²) in [6, 6.07) is 14.5. The molecule has 2 aromatic carbocycles. The number of carbonyl (C=O) groups excluding carboxylic acids is 1. The van der Waals surface area contributed by atoms with Crippen molar-refractivity contribution < 1.29 is 27.8 Å². The van der Waals surface area contributed by atoms with E-state index in [9.17, 15) is 9.18 Å². The molecule has 29 heavy (non-hydrogen) atoms. The zero-order valence-electron chi connectivity index (χ0n) is 16.5. The van der Waals surface area contributed by atoms with E-state index in [2.05, 4.69) is 0 Å². The first-order chi connectivity index (χ1) is 14.0. The van der Waals surface area contributed by atoms with Crippen molar-refractivity contribution in [2.24, 2.45) is 0 Å². The molecule has 0 aliphatic rings. The molecule has 1 amide bonds. The number of benzene rings is 2. The molecular weight excluding hydrogens is 377 g/mol. The molecule has 1 heterocycles. The zero-order valence-corrected chi connectivity index (χ0v) is 16.5. The predicted molar refractivity (Wildman–Crippen MR) is 105 cm³/mol. The predicted octanol–water partition coefficient (Wildman–Crippen LogP) is 4.29. The van der Waals surface area contributed by atoms with Gasteiger partial charge in [-0.1, -0.05) is 12.1 Å². The fourth-order valence-electron chi connectivity index (χ4n) is 2.85. The Bertz CT molecular complexity index is 968. The van der Waals surface area contributed by atoms with E-state index in [-0.39, 0.29) is 24.1 Å². The van der Waals surface area contributed by atoms with Crippen molar-refractivity contribution in [1.29, 1.82) is 0 Å². The molecule has 6 nitrogen and oxygen atoms in total. The van der Waals surface area contributed by atoms with E-state index < -0.39 is 0 Å². The number of amides is 1. The van der Waals surface area contributed by atoms with Crippen molar-refractivity contribution in [3.05, 3.63) is 77.5 Å². The molecule has 3 aromatic rings. The van der Waals surface area contributed by atoms with Crippen molar-refractivity contribution in [3.63, 3.8) is 0 Å². The van der Waals surface area contributed by atoms with Crippen LogP contribution in [-0.2, 0) is 13.2 Å². The van der Waals surface area contributed by atoms with Gasteiger partial charge >= 0.3 is 0 Å². The Hall–Kier alpha value is -3.48. The summed E-state index contributed by atoms with van der Waals surface area (Å²) in [5.41, 5.74) is 0.814. The van der Waals surface area contributed by atoms with Crippen LogP contribution >= 0.6 is 0 Å². The average molecular weight is 399 g/mol. The molecule has 0 aliphatic heterocycles. The minimum atomic E-state index is -0.334. The van der Waals surface area contributed by atoms with Crippen molar-refractivity contribution in [2.45, 2.75) is 13.2 Å². The molecule has 152 valence electrons. The molecule has 0 atom stereocenters. The summed E-state index contributed by atoms with van der Waals surface area (Å²) in [5, 5.41) is 0. The first-order valence-electron chi connectivity index (χ1n) is 8.94. The second kappa shape index (κ2) is 9.14. The fourth-order valence-corrected chi connectivity index (χ4v) is 2.85. The fraction of sp³-hybridized carbons (Fsp3) is 0.227. The molecule has 0 saturated heterocycles. The molecule has 0 aliphatic carbocycles. The topological polar surface area (TPSA) is 61.1 Å². The number of hydrogen-bond acceptors (Lipinski definition) is 5. The lowest BCUT2D eigenvalue weighted by molar-refractivity contribution is 0.0748. The summed E-state index contributed by atoms with van der Waals surface area (Å²) >= 11 is 0. The smallest absolute Gasteiger partial charge is 0.289 e. The van der Waals surface area contributed by atoms with Gasteiger partial charge in [0.05, 0.1) is 14.2 Å². The third kappa shape index (κ3) is 4.87. The standard InChI is InChI=1S/C22H22FNO5/c1-24(13-15-5-4-6-19(26-2)21(15)27-3)22(25)20-12-11-18(29-20)14-28-17-9-7-16(23)8-10-17/h4-12H,13-14H2,1-3H3. The van der Waals surface area contributed by atoms with Crippen LogP contribution in [0.15, 0.2) is 59.0 Å². The first-order valence-corrected chi connectivity index (χ1v) is 8.94. The van der Waals surface area contributed by atoms with E-state index in [1.807, 2.05) is 12.1 Å². The summed E-state index contributed by atoms with van der Waals surface area (Å²) in [6.07, 6.45) is 0. The molecule has 3 rings (SSSR count). The quantitative estimate of drug-likeness (QED) is 0.566. The number of ether oxygens (including phenoxy) is 3. The Morgan fingerprint density at radius 2 is 1.79 bits per heavy atom. The number of rotatable bonds is 8. The highest BCUT2D eigenvalue weighted by Gasteiger charge is 2.19. The normalized spacial score (nSPS) is 10.5. The second-order valence-electron chi connectivity index (χ2n) is 6.32. The number of para-hydroxylation sites is 1. The highest BCUT2D eigenvalue weighted by Crippen LogP contribution is 2.31. The minimum Gasteiger partial charge on any atom is -0.493 e. The number of furan rings is 1. The van der Waals surface area contributed by atoms with Gasteiger partial charge in [-0.3, -0.25) is 4.79 Å². The van der Waals surface area contributed by atoms with Gasteiger partial charge in [0, 0.05) is 19.2 Å². The number of carbonyl (C=O) groups is 1. The lowest BCUT2D eigenvalue weighted by Crippen LogP contribution is -2.26. The molecule has 0 fully saturated rings. The maximum Gasteiger partial charge on any atom is 0.289 e. The van der Waals surface area contributed by atoms with Crippen molar-refractivity contribution in [3.8, 4) is 17.2 Å². The molecule has 1 aromatic heterocycles. The lowest BCUT2D eigenvalue weighted by atomic mass is 10.1. The SMILES string of the molecule is COc1cccc(CN(C)C(=O)c2ccc(COc3ccc(F)cc3)o2)c1OC. The van der Waals surface area contributed by atoms with Crippen LogP contribution in [0, 0.1) is 5.82 Å². The summed E-state index contributed by atoms with van der Waals surface area (Å²) in [5.74, 6) is 1.78. The van der Waals surface area contributed by atoms with Crippen LogP contribution < -0.4 is 14.2 Å². The molecule has 0 spiro atoms. The van der Waals surface area contributed by atoms with Crippen molar-refractivity contribution in [2.75, 3.05) is 21.3 Å². The van der Waals surface area contributed by atoms with E-state index in [4.69, 9.17) is 18.6 Å². The molecule has 0 radical (unpaired) electrons. The van der Waals surface area contributed by atoms with Gasteiger partial charge in [-0.05, 0) is 42.5 Å². The second-order valence-corrected chi connectivity index (χ2v) is 6.32. The first kappa shape index (κ1) is 20.3. The Morgan fingerprint density at radius 1 is 1.03 bits per heavy atom. The number of halogens is 1. The van der Waals surface area contributed by atoms with E-state index >= 15 is 0 Å². The van der Waals surface area contributed by atoms with Gasteiger partial charge < -0.3 is 23.5 Å². The Labute approximate surface area is 168 Å². The highest BCUT2D eigenvalue weighted by molar-refractivity contribution is 5.91. The number of nitrogens with zero attached hydrogens (tertiary/aromatic N) is 1. The largest absolute Gasteiger partial charge is 0.493 e. The third-order valence-corrected chi connectivity index (χ3v) is 4.31. The van der Waals surface area contributed by atoms with E-state index in [0.717, 1.165) is 5.56 Å². The van der Waals surface area contributed by atoms with Gasteiger partial charge in [0.2, 0.25) is 0 Å². The summed E-state index contributed by atoms with van der Waals surface area (Å²) in [6.45, 7) is 0.452. The van der Waals surface area contributed by atoms with E-state index in [1.165, 1.54) is 29.2 Å². The third-order valence-electron chi connectivity index (χ3n) is 4.31. The lowest BCUT2D eigenvalue weighted by Gasteiger charge is -2.19. The van der Waals surface area contributed by atoms with Crippen LogP contribution in [0.5, 0.6) is 17.2 Å². The van der Waals surface area contributed by atoms with Crippen LogP contribution in [-0.4, -0.2) is 32.1 Å².